The van der Waals surface area contributed by atoms with E-state index in [0.717, 1.165) is 12.2 Å². The van der Waals surface area contributed by atoms with Gasteiger partial charge in [0.2, 0.25) is 0 Å². The van der Waals surface area contributed by atoms with Gasteiger partial charge in [-0.05, 0) is 30.5 Å². The molecule has 16 heavy (non-hydrogen) atoms. The number of hydrogen-bond acceptors (Lipinski definition) is 1. The third kappa shape index (κ3) is 2.70. The summed E-state index contributed by atoms with van der Waals surface area (Å²) in [6.45, 7) is 0. The predicted octanol–water partition coefficient (Wildman–Crippen LogP) is 4.35. The normalized spacial score (nSPS) is 26.1. The summed E-state index contributed by atoms with van der Waals surface area (Å²) in [6, 6.07) is 8.35. The van der Waals surface area contributed by atoms with E-state index in [1.165, 1.54) is 31.2 Å². The summed E-state index contributed by atoms with van der Waals surface area (Å²) >= 11 is 6.48. The van der Waals surface area contributed by atoms with Crippen LogP contribution in [0.3, 0.4) is 0 Å². The van der Waals surface area contributed by atoms with Crippen LogP contribution in [0.15, 0.2) is 24.3 Å². The zero-order chi connectivity index (χ0) is 11.4. The molecule has 0 aliphatic heterocycles. The van der Waals surface area contributed by atoms with Gasteiger partial charge in [-0.1, -0.05) is 31.4 Å². The van der Waals surface area contributed by atoms with Crippen molar-refractivity contribution >= 4 is 11.6 Å². The Morgan fingerprint density at radius 3 is 2.81 bits per heavy atom. The van der Waals surface area contributed by atoms with Gasteiger partial charge in [0, 0.05) is 11.3 Å². The van der Waals surface area contributed by atoms with E-state index in [4.69, 9.17) is 16.3 Å². The van der Waals surface area contributed by atoms with Gasteiger partial charge in [0.05, 0.1) is 7.11 Å². The first kappa shape index (κ1) is 11.8. The van der Waals surface area contributed by atoms with E-state index in [2.05, 4.69) is 18.2 Å². The topological polar surface area (TPSA) is 9.23 Å². The van der Waals surface area contributed by atoms with Crippen molar-refractivity contribution < 1.29 is 4.74 Å². The summed E-state index contributed by atoms with van der Waals surface area (Å²) in [7, 11) is 1.71. The van der Waals surface area contributed by atoms with Gasteiger partial charge < -0.3 is 4.74 Å². The van der Waals surface area contributed by atoms with E-state index in [9.17, 15) is 0 Å². The minimum Gasteiger partial charge on any atom is -0.497 e. The molecule has 1 nitrogen and oxygen atoms in total. The van der Waals surface area contributed by atoms with Crippen molar-refractivity contribution in [1.29, 1.82) is 0 Å². The standard InChI is InChI=1S/C14H19ClO/c1-16-12-7-5-6-11(10-12)13-8-3-2-4-9-14(13)15/h5-7,10,13-14H,2-4,8-9H2,1H3. The van der Waals surface area contributed by atoms with Crippen molar-refractivity contribution in [2.45, 2.75) is 43.4 Å². The van der Waals surface area contributed by atoms with Gasteiger partial charge in [0.1, 0.15) is 5.75 Å². The molecular formula is C14H19ClO. The molecule has 0 N–H and O–H groups in total. The lowest BCUT2D eigenvalue weighted by molar-refractivity contribution is 0.413. The molecule has 1 aromatic carbocycles. The largest absolute Gasteiger partial charge is 0.497 e. The molecule has 2 rings (SSSR count). The zero-order valence-electron chi connectivity index (χ0n) is 9.79. The number of halogens is 1. The highest BCUT2D eigenvalue weighted by atomic mass is 35.5. The molecule has 0 spiro atoms. The molecule has 0 aromatic heterocycles. The van der Waals surface area contributed by atoms with Crippen LogP contribution < -0.4 is 4.74 Å². The van der Waals surface area contributed by atoms with Gasteiger partial charge in [0.25, 0.3) is 0 Å². The van der Waals surface area contributed by atoms with E-state index >= 15 is 0 Å². The quantitative estimate of drug-likeness (QED) is 0.550. The Balaban J connectivity index is 2.19. The zero-order valence-corrected chi connectivity index (χ0v) is 10.5. The van der Waals surface area contributed by atoms with Gasteiger partial charge in [-0.25, -0.2) is 0 Å². The molecule has 88 valence electrons. The van der Waals surface area contributed by atoms with Crippen molar-refractivity contribution in [3.05, 3.63) is 29.8 Å². The molecule has 2 unspecified atom stereocenters. The molecule has 0 radical (unpaired) electrons. The van der Waals surface area contributed by atoms with Gasteiger partial charge in [-0.3, -0.25) is 0 Å². The highest BCUT2D eigenvalue weighted by molar-refractivity contribution is 6.21. The van der Waals surface area contributed by atoms with E-state index in [0.29, 0.717) is 5.92 Å². The monoisotopic (exact) mass is 238 g/mol. The van der Waals surface area contributed by atoms with Crippen LogP contribution in [-0.4, -0.2) is 12.5 Å². The first-order valence-corrected chi connectivity index (χ1v) is 6.53. The molecule has 1 saturated carbocycles. The lowest BCUT2D eigenvalue weighted by Gasteiger charge is -2.20. The van der Waals surface area contributed by atoms with Crippen LogP contribution in [0, 0.1) is 0 Å². The molecule has 2 atom stereocenters. The van der Waals surface area contributed by atoms with E-state index < -0.39 is 0 Å². The van der Waals surface area contributed by atoms with Crippen molar-refractivity contribution in [2.75, 3.05) is 7.11 Å². The second kappa shape index (κ2) is 5.58. The third-order valence-electron chi connectivity index (χ3n) is 3.45. The van der Waals surface area contributed by atoms with Crippen molar-refractivity contribution in [1.82, 2.24) is 0 Å². The van der Waals surface area contributed by atoms with Crippen LogP contribution in [0.25, 0.3) is 0 Å². The van der Waals surface area contributed by atoms with Crippen LogP contribution in [0.1, 0.15) is 43.6 Å². The lowest BCUT2D eigenvalue weighted by atomic mass is 9.91. The second-order valence-electron chi connectivity index (χ2n) is 4.54. The summed E-state index contributed by atoms with van der Waals surface area (Å²) < 4.78 is 5.27. The smallest absolute Gasteiger partial charge is 0.119 e. The fourth-order valence-electron chi connectivity index (χ4n) is 2.51. The Morgan fingerprint density at radius 1 is 1.19 bits per heavy atom. The van der Waals surface area contributed by atoms with E-state index in [1.54, 1.807) is 7.11 Å². The van der Waals surface area contributed by atoms with Crippen molar-refractivity contribution in [3.63, 3.8) is 0 Å². The molecule has 0 amide bonds. The van der Waals surface area contributed by atoms with E-state index in [-0.39, 0.29) is 5.38 Å². The molecule has 0 heterocycles. The number of benzene rings is 1. The average molecular weight is 239 g/mol. The summed E-state index contributed by atoms with van der Waals surface area (Å²) in [6.07, 6.45) is 6.24. The molecule has 1 aromatic rings. The number of methoxy groups -OCH3 is 1. The minimum atomic E-state index is 0.287. The summed E-state index contributed by atoms with van der Waals surface area (Å²) in [5, 5.41) is 0.287. The van der Waals surface area contributed by atoms with Crippen LogP contribution in [0.5, 0.6) is 5.75 Å². The predicted molar refractivity (Wildman–Crippen MR) is 68.5 cm³/mol. The highest BCUT2D eigenvalue weighted by Gasteiger charge is 2.23. The second-order valence-corrected chi connectivity index (χ2v) is 5.10. The molecule has 1 aliphatic carbocycles. The van der Waals surface area contributed by atoms with Gasteiger partial charge >= 0.3 is 0 Å². The molecule has 0 bridgehead atoms. The summed E-state index contributed by atoms with van der Waals surface area (Å²) in [5.41, 5.74) is 1.33. The maximum atomic E-state index is 6.48. The fourth-order valence-corrected chi connectivity index (χ4v) is 2.94. The summed E-state index contributed by atoms with van der Waals surface area (Å²) in [4.78, 5) is 0. The molecule has 0 saturated heterocycles. The Labute approximate surface area is 103 Å². The Kier molecular flexibility index (Phi) is 4.11. The minimum absolute atomic E-state index is 0.287. The van der Waals surface area contributed by atoms with E-state index in [1.807, 2.05) is 6.07 Å². The average Bonchev–Trinajstić information content (AvgIpc) is 2.54. The van der Waals surface area contributed by atoms with Crippen LogP contribution >= 0.6 is 11.6 Å². The number of hydrogen-bond donors (Lipinski definition) is 0. The first-order chi connectivity index (χ1) is 7.81. The summed E-state index contributed by atoms with van der Waals surface area (Å²) in [5.74, 6) is 1.44. The first-order valence-electron chi connectivity index (χ1n) is 6.09. The SMILES string of the molecule is COc1cccc(C2CCCCCC2Cl)c1. The highest BCUT2D eigenvalue weighted by Crippen LogP contribution is 2.36. The van der Waals surface area contributed by atoms with Crippen LogP contribution in [0.2, 0.25) is 0 Å². The molecule has 1 fully saturated rings. The number of alkyl halides is 1. The maximum absolute atomic E-state index is 6.48. The van der Waals surface area contributed by atoms with Crippen LogP contribution in [-0.2, 0) is 0 Å². The molecule has 2 heteroatoms. The number of ether oxygens (including phenoxy) is 1. The lowest BCUT2D eigenvalue weighted by Crippen LogP contribution is -2.11. The fraction of sp³-hybridized carbons (Fsp3) is 0.571. The molecule has 1 aliphatic rings. The maximum Gasteiger partial charge on any atom is 0.119 e. The Hall–Kier alpha value is -0.690. The van der Waals surface area contributed by atoms with Crippen molar-refractivity contribution in [2.24, 2.45) is 0 Å². The van der Waals surface area contributed by atoms with Crippen LogP contribution in [0.4, 0.5) is 0 Å². The Morgan fingerprint density at radius 2 is 2.00 bits per heavy atom. The van der Waals surface area contributed by atoms with Crippen molar-refractivity contribution in [3.8, 4) is 5.75 Å². The van der Waals surface area contributed by atoms with Gasteiger partial charge in [-0.15, -0.1) is 11.6 Å². The third-order valence-corrected chi connectivity index (χ3v) is 3.98. The number of rotatable bonds is 2. The molecular weight excluding hydrogens is 220 g/mol. The van der Waals surface area contributed by atoms with Gasteiger partial charge in [0.15, 0.2) is 0 Å². The van der Waals surface area contributed by atoms with Gasteiger partial charge in [-0.2, -0.15) is 0 Å². The Bertz CT molecular complexity index is 337.